The van der Waals surface area contributed by atoms with E-state index in [1.807, 2.05) is 13.8 Å². The monoisotopic (exact) mass is 243 g/mol. The Hall–Kier alpha value is -1.00. The van der Waals surface area contributed by atoms with Gasteiger partial charge in [-0.1, -0.05) is 0 Å². The van der Waals surface area contributed by atoms with Crippen molar-refractivity contribution in [3.63, 3.8) is 0 Å². The number of methoxy groups -OCH3 is 1. The molecule has 0 amide bonds. The van der Waals surface area contributed by atoms with Gasteiger partial charge in [0.2, 0.25) is 0 Å². The van der Waals surface area contributed by atoms with Crippen LogP contribution in [0.25, 0.3) is 0 Å². The first kappa shape index (κ1) is 14.1. The summed E-state index contributed by atoms with van der Waals surface area (Å²) in [6.45, 7) is 4.46. The van der Waals surface area contributed by atoms with E-state index in [2.05, 4.69) is 5.32 Å². The van der Waals surface area contributed by atoms with Crippen LogP contribution in [0.15, 0.2) is 18.2 Å². The van der Waals surface area contributed by atoms with Crippen LogP contribution in [0.5, 0.6) is 0 Å². The summed E-state index contributed by atoms with van der Waals surface area (Å²) in [5.41, 5.74) is 0.356. The Morgan fingerprint density at radius 2 is 2.00 bits per heavy atom. The number of halogens is 2. The van der Waals surface area contributed by atoms with Crippen molar-refractivity contribution >= 4 is 0 Å². The minimum atomic E-state index is -0.417. The third kappa shape index (κ3) is 4.40. The molecular weight excluding hydrogens is 224 g/mol. The summed E-state index contributed by atoms with van der Waals surface area (Å²) in [5.74, 6) is -0.801. The zero-order valence-electron chi connectivity index (χ0n) is 10.5. The quantitative estimate of drug-likeness (QED) is 0.829. The van der Waals surface area contributed by atoms with Crippen molar-refractivity contribution in [2.24, 2.45) is 0 Å². The van der Waals surface area contributed by atoms with Crippen LogP contribution in [-0.4, -0.2) is 19.8 Å². The van der Waals surface area contributed by atoms with E-state index in [0.717, 1.165) is 18.6 Å². The van der Waals surface area contributed by atoms with Crippen molar-refractivity contribution in [1.29, 1.82) is 0 Å². The lowest BCUT2D eigenvalue weighted by molar-refractivity contribution is 0.183. The average Bonchev–Trinajstić information content (AvgIpc) is 2.29. The second kappa shape index (κ2) is 6.67. The lowest BCUT2D eigenvalue weighted by atomic mass is 10.1. The van der Waals surface area contributed by atoms with Gasteiger partial charge in [0, 0.05) is 31.4 Å². The summed E-state index contributed by atoms with van der Waals surface area (Å²) in [6.07, 6.45) is 0.831. The van der Waals surface area contributed by atoms with Crippen molar-refractivity contribution < 1.29 is 13.5 Å². The largest absolute Gasteiger partial charge is 0.385 e. The highest BCUT2D eigenvalue weighted by Crippen LogP contribution is 2.18. The molecule has 2 unspecified atom stereocenters. The second-order valence-electron chi connectivity index (χ2n) is 4.24. The number of ether oxygens (including phenoxy) is 1. The molecule has 1 aromatic rings. The van der Waals surface area contributed by atoms with E-state index in [4.69, 9.17) is 4.74 Å². The molecule has 0 fully saturated rings. The Morgan fingerprint density at radius 1 is 1.29 bits per heavy atom. The van der Waals surface area contributed by atoms with Gasteiger partial charge in [-0.2, -0.15) is 0 Å². The lowest BCUT2D eigenvalue weighted by Gasteiger charge is -2.20. The van der Waals surface area contributed by atoms with Gasteiger partial charge in [0.15, 0.2) is 0 Å². The molecule has 0 radical (unpaired) electrons. The maximum Gasteiger partial charge on any atom is 0.128 e. The van der Waals surface area contributed by atoms with E-state index in [1.165, 1.54) is 6.07 Å². The molecule has 0 aliphatic rings. The van der Waals surface area contributed by atoms with Gasteiger partial charge in [-0.25, -0.2) is 8.78 Å². The van der Waals surface area contributed by atoms with Gasteiger partial charge in [0.05, 0.1) is 0 Å². The molecule has 0 aliphatic carbocycles. The van der Waals surface area contributed by atoms with E-state index in [0.29, 0.717) is 12.2 Å². The highest BCUT2D eigenvalue weighted by molar-refractivity contribution is 5.21. The Labute approximate surface area is 101 Å². The van der Waals surface area contributed by atoms with E-state index in [1.54, 1.807) is 7.11 Å². The van der Waals surface area contributed by atoms with Crippen LogP contribution in [0.3, 0.4) is 0 Å². The molecule has 2 nitrogen and oxygen atoms in total. The molecule has 17 heavy (non-hydrogen) atoms. The fraction of sp³-hybridized carbons (Fsp3) is 0.538. The summed E-state index contributed by atoms with van der Waals surface area (Å²) in [6, 6.07) is 3.48. The molecule has 4 heteroatoms. The van der Waals surface area contributed by atoms with Crippen molar-refractivity contribution in [1.82, 2.24) is 5.32 Å². The van der Waals surface area contributed by atoms with Crippen LogP contribution in [0, 0.1) is 11.6 Å². The molecule has 0 aliphatic heterocycles. The third-order valence-corrected chi connectivity index (χ3v) is 2.71. The van der Waals surface area contributed by atoms with Crippen molar-refractivity contribution in [3.05, 3.63) is 35.4 Å². The van der Waals surface area contributed by atoms with E-state index in [-0.39, 0.29) is 17.9 Å². The molecular formula is C13H19F2NO. The van der Waals surface area contributed by atoms with Crippen LogP contribution in [0.2, 0.25) is 0 Å². The number of rotatable bonds is 6. The topological polar surface area (TPSA) is 21.3 Å². The Kier molecular flexibility index (Phi) is 5.51. The highest BCUT2D eigenvalue weighted by Gasteiger charge is 2.14. The van der Waals surface area contributed by atoms with E-state index in [9.17, 15) is 8.78 Å². The number of benzene rings is 1. The van der Waals surface area contributed by atoms with Crippen molar-refractivity contribution in [2.45, 2.75) is 32.4 Å². The van der Waals surface area contributed by atoms with Gasteiger partial charge in [-0.05, 0) is 38.5 Å². The first-order valence-corrected chi connectivity index (χ1v) is 5.74. The van der Waals surface area contributed by atoms with Gasteiger partial charge in [0.1, 0.15) is 11.6 Å². The van der Waals surface area contributed by atoms with Gasteiger partial charge in [-0.15, -0.1) is 0 Å². The van der Waals surface area contributed by atoms with Crippen LogP contribution in [-0.2, 0) is 4.74 Å². The van der Waals surface area contributed by atoms with Crippen LogP contribution < -0.4 is 5.32 Å². The van der Waals surface area contributed by atoms with Gasteiger partial charge < -0.3 is 10.1 Å². The SMILES string of the molecule is COCCC(C)NC(C)c1cc(F)ccc1F. The summed E-state index contributed by atoms with van der Waals surface area (Å²) in [5, 5.41) is 3.21. The molecule has 1 aromatic carbocycles. The molecule has 96 valence electrons. The molecule has 0 saturated carbocycles. The summed E-state index contributed by atoms with van der Waals surface area (Å²) < 4.78 is 31.5. The minimum absolute atomic E-state index is 0.188. The van der Waals surface area contributed by atoms with Gasteiger partial charge >= 0.3 is 0 Å². The molecule has 0 heterocycles. The molecule has 2 atom stereocenters. The Balaban J connectivity index is 2.62. The highest BCUT2D eigenvalue weighted by atomic mass is 19.1. The first-order chi connectivity index (χ1) is 8.04. The van der Waals surface area contributed by atoms with E-state index < -0.39 is 5.82 Å². The van der Waals surface area contributed by atoms with Crippen molar-refractivity contribution in [3.8, 4) is 0 Å². The molecule has 0 bridgehead atoms. The van der Waals surface area contributed by atoms with Gasteiger partial charge in [-0.3, -0.25) is 0 Å². The van der Waals surface area contributed by atoms with E-state index >= 15 is 0 Å². The van der Waals surface area contributed by atoms with Crippen LogP contribution in [0.4, 0.5) is 8.78 Å². The predicted molar refractivity (Wildman–Crippen MR) is 63.9 cm³/mol. The molecule has 1 N–H and O–H groups in total. The average molecular weight is 243 g/mol. The normalized spacial score (nSPS) is 14.6. The molecule has 1 rings (SSSR count). The minimum Gasteiger partial charge on any atom is -0.385 e. The maximum atomic E-state index is 13.5. The zero-order valence-corrected chi connectivity index (χ0v) is 10.5. The second-order valence-corrected chi connectivity index (χ2v) is 4.24. The smallest absolute Gasteiger partial charge is 0.128 e. The standard InChI is InChI=1S/C13H19F2NO/c1-9(6-7-17-3)16-10(2)12-8-11(14)4-5-13(12)15/h4-5,8-10,16H,6-7H2,1-3H3. The molecule has 0 aromatic heterocycles. The maximum absolute atomic E-state index is 13.5. The van der Waals surface area contributed by atoms with Crippen LogP contribution in [0.1, 0.15) is 31.9 Å². The fourth-order valence-corrected chi connectivity index (χ4v) is 1.74. The summed E-state index contributed by atoms with van der Waals surface area (Å²) >= 11 is 0. The fourth-order valence-electron chi connectivity index (χ4n) is 1.74. The zero-order chi connectivity index (χ0) is 12.8. The molecule has 0 saturated heterocycles. The number of nitrogens with one attached hydrogen (secondary N) is 1. The van der Waals surface area contributed by atoms with Crippen LogP contribution >= 0.6 is 0 Å². The number of hydrogen-bond acceptors (Lipinski definition) is 2. The first-order valence-electron chi connectivity index (χ1n) is 5.74. The summed E-state index contributed by atoms with van der Waals surface area (Å²) in [4.78, 5) is 0. The molecule has 0 spiro atoms. The Bertz CT molecular complexity index is 357. The lowest BCUT2D eigenvalue weighted by Crippen LogP contribution is -2.30. The van der Waals surface area contributed by atoms with Gasteiger partial charge in [0.25, 0.3) is 0 Å². The summed E-state index contributed by atoms with van der Waals surface area (Å²) in [7, 11) is 1.64. The third-order valence-electron chi connectivity index (χ3n) is 2.71. The number of hydrogen-bond donors (Lipinski definition) is 1. The predicted octanol–water partition coefficient (Wildman–Crippen LogP) is 3.04. The van der Waals surface area contributed by atoms with Crippen molar-refractivity contribution in [2.75, 3.05) is 13.7 Å². The Morgan fingerprint density at radius 3 is 2.65 bits per heavy atom.